The molecule has 0 spiro atoms. The van der Waals surface area contributed by atoms with E-state index in [4.69, 9.17) is 15.2 Å². The summed E-state index contributed by atoms with van der Waals surface area (Å²) in [5.74, 6) is -2.75. The van der Waals surface area contributed by atoms with Crippen LogP contribution in [0.25, 0.3) is 16.6 Å². The van der Waals surface area contributed by atoms with Gasteiger partial charge in [-0.15, -0.1) is 0 Å². The maximum absolute atomic E-state index is 14.0. The predicted molar refractivity (Wildman–Crippen MR) is 158 cm³/mol. The molecule has 1 saturated heterocycles. The molecule has 12 nitrogen and oxygen atoms in total. The number of hydrogen-bond acceptors (Lipinski definition) is 8. The zero-order chi connectivity index (χ0) is 31.2. The number of pyridine rings is 1. The summed E-state index contributed by atoms with van der Waals surface area (Å²) >= 11 is 0. The van der Waals surface area contributed by atoms with Crippen molar-refractivity contribution in [1.29, 1.82) is 0 Å². The second-order valence-electron chi connectivity index (χ2n) is 10.2. The summed E-state index contributed by atoms with van der Waals surface area (Å²) in [5.41, 5.74) is 9.28. The van der Waals surface area contributed by atoms with Crippen LogP contribution in [-0.4, -0.2) is 64.6 Å². The average Bonchev–Trinajstić information content (AvgIpc) is 3.58. The molecule has 1 aliphatic heterocycles. The van der Waals surface area contributed by atoms with Gasteiger partial charge in [0.1, 0.15) is 5.82 Å². The maximum Gasteiger partial charge on any atom is 0.301 e. The number of morpholine rings is 1. The number of aromatic amines is 1. The van der Waals surface area contributed by atoms with Crippen LogP contribution in [0.5, 0.6) is 11.6 Å². The molecule has 44 heavy (non-hydrogen) atoms. The van der Waals surface area contributed by atoms with Crippen LogP contribution in [0, 0.1) is 25.5 Å². The third kappa shape index (κ3) is 5.47. The third-order valence-electron chi connectivity index (χ3n) is 7.22. The lowest BCUT2D eigenvalue weighted by Crippen LogP contribution is -2.43. The highest BCUT2D eigenvalue weighted by Crippen LogP contribution is 2.30. The molecule has 0 atom stereocenters. The first kappa shape index (κ1) is 29.2. The van der Waals surface area contributed by atoms with Crippen molar-refractivity contribution in [1.82, 2.24) is 24.1 Å². The van der Waals surface area contributed by atoms with Crippen LogP contribution in [0.4, 0.5) is 20.3 Å². The van der Waals surface area contributed by atoms with Crippen molar-refractivity contribution < 1.29 is 31.5 Å². The van der Waals surface area contributed by atoms with Gasteiger partial charge in [-0.05, 0) is 55.3 Å². The molecule has 1 aliphatic rings. The number of carbonyl (C=O) groups is 1. The topological polar surface area (TPSA) is 157 Å². The SMILES string of the molecule is Cc1cc2cc(C(=O)c3cnn(-c4cnc(Oc5c(F)cccc5F)cc4C)c3N)[nH]c2cc1NS(=O)(=O)N1CCOCC1. The lowest BCUT2D eigenvalue weighted by atomic mass is 10.1. The summed E-state index contributed by atoms with van der Waals surface area (Å²) < 4.78 is 69.6. The Morgan fingerprint density at radius 3 is 2.50 bits per heavy atom. The molecule has 6 rings (SSSR count). The Morgan fingerprint density at radius 2 is 1.80 bits per heavy atom. The fourth-order valence-electron chi connectivity index (χ4n) is 4.87. The number of nitrogen functional groups attached to an aromatic ring is 1. The van der Waals surface area contributed by atoms with Gasteiger partial charge in [0.25, 0.3) is 0 Å². The molecule has 0 aliphatic carbocycles. The number of nitrogens with one attached hydrogen (secondary N) is 2. The smallest absolute Gasteiger partial charge is 0.301 e. The van der Waals surface area contributed by atoms with Crippen LogP contribution in [0.3, 0.4) is 0 Å². The van der Waals surface area contributed by atoms with E-state index in [0.29, 0.717) is 46.6 Å². The minimum atomic E-state index is -3.79. The Bertz CT molecular complexity index is 2000. The lowest BCUT2D eigenvalue weighted by molar-refractivity contribution is 0.0733. The Morgan fingerprint density at radius 1 is 1.07 bits per heavy atom. The molecule has 2 aromatic carbocycles. The van der Waals surface area contributed by atoms with E-state index < -0.39 is 33.4 Å². The molecule has 0 saturated carbocycles. The number of nitrogens with zero attached hydrogens (tertiary/aromatic N) is 4. The summed E-state index contributed by atoms with van der Waals surface area (Å²) in [7, 11) is -3.79. The fraction of sp³-hybridized carbons (Fsp3) is 0.207. The monoisotopic (exact) mass is 623 g/mol. The number of ether oxygens (including phenoxy) is 2. The molecular weight excluding hydrogens is 596 g/mol. The zero-order valence-electron chi connectivity index (χ0n) is 23.6. The number of aromatic nitrogens is 4. The quantitative estimate of drug-likeness (QED) is 0.217. The number of nitrogens with two attached hydrogens (primary N) is 1. The number of halogens is 2. The first-order chi connectivity index (χ1) is 21.0. The van der Waals surface area contributed by atoms with Gasteiger partial charge in [0, 0.05) is 30.1 Å². The number of H-pyrrole nitrogens is 1. The minimum absolute atomic E-state index is 0.0440. The molecule has 5 aromatic rings. The van der Waals surface area contributed by atoms with Crippen molar-refractivity contribution in [2.75, 3.05) is 36.8 Å². The largest absolute Gasteiger partial charge is 0.433 e. The van der Waals surface area contributed by atoms with E-state index in [9.17, 15) is 22.0 Å². The van der Waals surface area contributed by atoms with Gasteiger partial charge in [0.05, 0.1) is 48.2 Å². The number of benzene rings is 2. The van der Waals surface area contributed by atoms with Gasteiger partial charge in [0.15, 0.2) is 11.6 Å². The molecule has 228 valence electrons. The first-order valence-electron chi connectivity index (χ1n) is 13.5. The molecule has 15 heteroatoms. The number of carbonyl (C=O) groups excluding carboxylic acids is 1. The van der Waals surface area contributed by atoms with E-state index in [-0.39, 0.29) is 36.0 Å². The number of rotatable bonds is 8. The van der Waals surface area contributed by atoms with Gasteiger partial charge < -0.3 is 20.2 Å². The molecule has 0 unspecified atom stereocenters. The van der Waals surface area contributed by atoms with Gasteiger partial charge in [0.2, 0.25) is 17.4 Å². The van der Waals surface area contributed by atoms with E-state index in [1.54, 1.807) is 32.0 Å². The van der Waals surface area contributed by atoms with Crippen LogP contribution in [-0.2, 0) is 14.9 Å². The lowest BCUT2D eigenvalue weighted by Gasteiger charge is -2.26. The summed E-state index contributed by atoms with van der Waals surface area (Å²) in [6.07, 6.45) is 2.70. The Balaban J connectivity index is 1.24. The van der Waals surface area contributed by atoms with Crippen molar-refractivity contribution in [2.45, 2.75) is 13.8 Å². The second kappa shape index (κ2) is 11.3. The number of aryl methyl sites for hydroxylation is 2. The Labute approximate surface area is 250 Å². The first-order valence-corrected chi connectivity index (χ1v) is 14.9. The molecule has 1 fully saturated rings. The molecule has 0 bridgehead atoms. The van der Waals surface area contributed by atoms with Gasteiger partial charge in [-0.25, -0.2) is 18.4 Å². The van der Waals surface area contributed by atoms with Gasteiger partial charge in [-0.2, -0.15) is 17.8 Å². The van der Waals surface area contributed by atoms with E-state index in [1.807, 2.05) is 0 Å². The standard InChI is InChI=1S/C29H27F2N7O5S/c1-16-10-18-12-24(35-23(18)13-22(16)36-44(40,41)37-6-8-42-9-7-37)27(39)19-14-34-38(29(19)32)25-15-33-26(11-17(25)2)43-28-20(30)4-3-5-21(28)31/h3-5,10-15,35-36H,6-9,32H2,1-2H3. The molecule has 0 radical (unpaired) electrons. The van der Waals surface area contributed by atoms with Crippen molar-refractivity contribution >= 4 is 38.4 Å². The van der Waals surface area contributed by atoms with Crippen molar-refractivity contribution in [3.05, 3.63) is 88.9 Å². The molecular formula is C29H27F2N7O5S. The van der Waals surface area contributed by atoms with E-state index in [0.717, 1.165) is 12.1 Å². The summed E-state index contributed by atoms with van der Waals surface area (Å²) in [5, 5.41) is 4.97. The fourth-order valence-corrected chi connectivity index (χ4v) is 6.13. The summed E-state index contributed by atoms with van der Waals surface area (Å²) in [4.78, 5) is 20.7. The van der Waals surface area contributed by atoms with Gasteiger partial charge in [-0.1, -0.05) is 6.07 Å². The van der Waals surface area contributed by atoms with Gasteiger partial charge in [-0.3, -0.25) is 9.52 Å². The zero-order valence-corrected chi connectivity index (χ0v) is 24.4. The predicted octanol–water partition coefficient (Wildman–Crippen LogP) is 4.24. The van der Waals surface area contributed by atoms with Crippen molar-refractivity contribution in [3.8, 4) is 17.3 Å². The highest BCUT2D eigenvalue weighted by atomic mass is 32.2. The summed E-state index contributed by atoms with van der Waals surface area (Å²) in [6, 6.07) is 9.91. The number of fused-ring (bicyclic) bond motifs is 1. The second-order valence-corrected chi connectivity index (χ2v) is 11.9. The van der Waals surface area contributed by atoms with Gasteiger partial charge >= 0.3 is 10.2 Å². The number of para-hydroxylation sites is 1. The van der Waals surface area contributed by atoms with E-state index in [1.165, 1.54) is 33.5 Å². The highest BCUT2D eigenvalue weighted by molar-refractivity contribution is 7.90. The van der Waals surface area contributed by atoms with Crippen molar-refractivity contribution in [3.63, 3.8) is 0 Å². The molecule has 4 heterocycles. The van der Waals surface area contributed by atoms with Crippen LogP contribution in [0.15, 0.2) is 54.9 Å². The van der Waals surface area contributed by atoms with E-state index >= 15 is 0 Å². The summed E-state index contributed by atoms with van der Waals surface area (Å²) in [6.45, 7) is 4.64. The Kier molecular flexibility index (Phi) is 7.53. The van der Waals surface area contributed by atoms with Crippen LogP contribution >= 0.6 is 0 Å². The minimum Gasteiger partial charge on any atom is -0.433 e. The normalized spacial score (nSPS) is 14.2. The highest BCUT2D eigenvalue weighted by Gasteiger charge is 2.26. The molecule has 4 N–H and O–H groups in total. The number of anilines is 2. The number of hydrogen-bond donors (Lipinski definition) is 3. The van der Waals surface area contributed by atoms with Crippen LogP contribution in [0.1, 0.15) is 27.2 Å². The molecule has 3 aromatic heterocycles. The Hall–Kier alpha value is -4.86. The third-order valence-corrected chi connectivity index (χ3v) is 8.74. The number of ketones is 1. The molecule has 0 amide bonds. The van der Waals surface area contributed by atoms with Crippen molar-refractivity contribution in [2.24, 2.45) is 0 Å². The van der Waals surface area contributed by atoms with E-state index in [2.05, 4.69) is 19.8 Å². The maximum atomic E-state index is 14.0. The average molecular weight is 624 g/mol. The van der Waals surface area contributed by atoms with Crippen LogP contribution in [0.2, 0.25) is 0 Å². The van der Waals surface area contributed by atoms with Crippen LogP contribution < -0.4 is 15.2 Å².